The Hall–Kier alpha value is -1.16. The first-order valence-electron chi connectivity index (χ1n) is 9.62. The van der Waals surface area contributed by atoms with E-state index in [2.05, 4.69) is 16.1 Å². The van der Waals surface area contributed by atoms with Crippen molar-refractivity contribution in [1.29, 1.82) is 0 Å². The van der Waals surface area contributed by atoms with Crippen LogP contribution in [-0.4, -0.2) is 36.3 Å². The predicted molar refractivity (Wildman–Crippen MR) is 101 cm³/mol. The highest BCUT2D eigenvalue weighted by molar-refractivity contribution is 7.87. The molecule has 0 N–H and O–H groups in total. The van der Waals surface area contributed by atoms with Gasteiger partial charge in [0.15, 0.2) is 0 Å². The molecule has 0 aliphatic heterocycles. The van der Waals surface area contributed by atoms with E-state index in [1.807, 2.05) is 17.8 Å². The fourth-order valence-electron chi connectivity index (χ4n) is 2.27. The van der Waals surface area contributed by atoms with Gasteiger partial charge in [0.1, 0.15) is 0 Å². The van der Waals surface area contributed by atoms with Crippen molar-refractivity contribution in [3.05, 3.63) is 18.7 Å². The third kappa shape index (κ3) is 11.6. The quantitative estimate of drug-likeness (QED) is 0.220. The highest BCUT2D eigenvalue weighted by atomic mass is 32.2. The van der Waals surface area contributed by atoms with Crippen LogP contribution < -0.4 is 0 Å². The number of imidazole rings is 1. The van der Waals surface area contributed by atoms with Crippen LogP contribution in [0.4, 0.5) is 17.6 Å². The molecular formula is C18H32F4N2O3S. The molecule has 1 aromatic heterocycles. The van der Waals surface area contributed by atoms with Crippen molar-refractivity contribution in [2.24, 2.45) is 7.05 Å². The van der Waals surface area contributed by atoms with Gasteiger partial charge >= 0.3 is 21.8 Å². The van der Waals surface area contributed by atoms with Gasteiger partial charge in [-0.1, -0.05) is 64.7 Å². The molecule has 0 spiro atoms. The topological polar surface area (TPSA) is 61.2 Å². The summed E-state index contributed by atoms with van der Waals surface area (Å²) < 4.78 is 76.8. The van der Waals surface area contributed by atoms with E-state index in [0.29, 0.717) is 6.42 Å². The lowest BCUT2D eigenvalue weighted by atomic mass is 10.1. The number of aryl methyl sites for hydroxylation is 1. The van der Waals surface area contributed by atoms with E-state index in [4.69, 9.17) is 0 Å². The molecule has 0 aliphatic carbocycles. The molecular weight excluding hydrogens is 400 g/mol. The number of unbranched alkanes of at least 4 members (excludes halogenated alkanes) is 9. The van der Waals surface area contributed by atoms with Crippen LogP contribution in [0.2, 0.25) is 0 Å². The molecule has 0 fully saturated rings. The van der Waals surface area contributed by atoms with E-state index in [9.17, 15) is 26.0 Å². The number of hydrogen-bond donors (Lipinski definition) is 0. The average Bonchev–Trinajstić information content (AvgIpc) is 3.11. The molecule has 0 aromatic carbocycles. The monoisotopic (exact) mass is 432 g/mol. The van der Waals surface area contributed by atoms with Crippen molar-refractivity contribution in [3.8, 4) is 0 Å². The molecule has 0 atom stereocenters. The second-order valence-electron chi connectivity index (χ2n) is 6.55. The maximum absolute atomic E-state index is 12.7. The molecule has 0 amide bonds. The first-order chi connectivity index (χ1) is 13.1. The number of alkyl halides is 4. The van der Waals surface area contributed by atoms with Crippen molar-refractivity contribution in [1.82, 2.24) is 9.55 Å². The summed E-state index contributed by atoms with van der Waals surface area (Å²) in [6, 6.07) is 0. The first-order valence-corrected chi connectivity index (χ1v) is 11.0. The molecule has 5 nitrogen and oxygen atoms in total. The molecule has 0 aliphatic rings. The second kappa shape index (κ2) is 14.8. The van der Waals surface area contributed by atoms with Crippen molar-refractivity contribution < 1.29 is 30.2 Å². The van der Waals surface area contributed by atoms with Crippen LogP contribution in [0.15, 0.2) is 18.7 Å². The number of nitrogens with zero attached hydrogens (tertiary/aromatic N) is 2. The van der Waals surface area contributed by atoms with Crippen LogP contribution in [0.5, 0.6) is 0 Å². The highest BCUT2D eigenvalue weighted by Crippen LogP contribution is 2.30. The van der Waals surface area contributed by atoms with Gasteiger partial charge in [0.25, 0.3) is 0 Å². The average molecular weight is 433 g/mol. The molecule has 1 rings (SSSR count). The predicted octanol–water partition coefficient (Wildman–Crippen LogP) is 5.53. The summed E-state index contributed by atoms with van der Waals surface area (Å²) in [5.74, 6) is 0. The van der Waals surface area contributed by atoms with Crippen LogP contribution in [-0.2, 0) is 21.3 Å². The van der Waals surface area contributed by atoms with Gasteiger partial charge in [-0.25, -0.2) is 13.8 Å². The molecule has 0 saturated heterocycles. The van der Waals surface area contributed by atoms with Crippen molar-refractivity contribution >= 4 is 10.1 Å². The first kappa shape index (κ1) is 26.8. The Morgan fingerprint density at radius 2 is 1.50 bits per heavy atom. The molecule has 1 aromatic rings. The van der Waals surface area contributed by atoms with E-state index in [-0.39, 0.29) is 6.42 Å². The Kier molecular flexibility index (Phi) is 14.2. The minimum Gasteiger partial charge on any atom is -0.341 e. The zero-order chi connectivity index (χ0) is 21.5. The van der Waals surface area contributed by atoms with Crippen LogP contribution in [0.3, 0.4) is 0 Å². The Morgan fingerprint density at radius 1 is 1.00 bits per heavy atom. The van der Waals surface area contributed by atoms with Gasteiger partial charge in [0.05, 0.1) is 12.9 Å². The van der Waals surface area contributed by atoms with Crippen molar-refractivity contribution in [2.75, 3.05) is 6.61 Å². The third-order valence-electron chi connectivity index (χ3n) is 3.96. The van der Waals surface area contributed by atoms with E-state index in [0.717, 1.165) is 25.7 Å². The number of halogens is 4. The molecule has 0 bridgehead atoms. The summed E-state index contributed by atoms with van der Waals surface area (Å²) in [6.45, 7) is 1.67. The van der Waals surface area contributed by atoms with Gasteiger partial charge in [-0.2, -0.15) is 17.2 Å². The second-order valence-corrected chi connectivity index (χ2v) is 8.24. The van der Waals surface area contributed by atoms with Gasteiger partial charge in [-0.05, 0) is 6.42 Å². The summed E-state index contributed by atoms with van der Waals surface area (Å²) in [4.78, 5) is 3.78. The summed E-state index contributed by atoms with van der Waals surface area (Å²) in [6.07, 6.45) is 11.0. The molecule has 0 unspecified atom stereocenters. The number of aromatic nitrogens is 2. The Morgan fingerprint density at radius 3 is 1.86 bits per heavy atom. The Bertz CT molecular complexity index is 582. The molecule has 1 heterocycles. The van der Waals surface area contributed by atoms with Gasteiger partial charge in [0.2, 0.25) is 0 Å². The smallest absolute Gasteiger partial charge is 0.341 e. The lowest BCUT2D eigenvalue weighted by molar-refractivity contribution is -0.0708. The fraction of sp³-hybridized carbons (Fsp3) is 0.833. The van der Waals surface area contributed by atoms with Crippen LogP contribution in [0, 0.1) is 0 Å². The lowest BCUT2D eigenvalue weighted by Gasteiger charge is -2.15. The Balaban J connectivity index is 0.00000102. The highest BCUT2D eigenvalue weighted by Gasteiger charge is 2.55. The molecule has 166 valence electrons. The van der Waals surface area contributed by atoms with Crippen LogP contribution in [0.1, 0.15) is 71.1 Å². The van der Waals surface area contributed by atoms with Crippen LogP contribution in [0.25, 0.3) is 0 Å². The summed E-state index contributed by atoms with van der Waals surface area (Å²) in [5.41, 5.74) is 0. The summed E-state index contributed by atoms with van der Waals surface area (Å²) in [5, 5.41) is -5.15. The van der Waals surface area contributed by atoms with E-state index in [1.165, 1.54) is 25.7 Å². The molecule has 10 heteroatoms. The molecule has 0 saturated carbocycles. The van der Waals surface area contributed by atoms with E-state index >= 15 is 0 Å². The standard InChI is InChI=1S/C14H26F4O3S.C4H6N2/c1-2-3-4-5-6-7-8-9-10-11-12-21-22(19,20)14(17,18)13(15)16;1-6-3-2-5-4-6/h13H,2-12H2,1H3;2-4H,1H3. The maximum Gasteiger partial charge on any atom is 0.428 e. The summed E-state index contributed by atoms with van der Waals surface area (Å²) >= 11 is 0. The maximum atomic E-state index is 12.7. The largest absolute Gasteiger partial charge is 0.428 e. The fourth-order valence-corrected chi connectivity index (χ4v) is 2.98. The van der Waals surface area contributed by atoms with Gasteiger partial charge < -0.3 is 4.57 Å². The van der Waals surface area contributed by atoms with E-state index in [1.54, 1.807) is 12.5 Å². The zero-order valence-corrected chi connectivity index (χ0v) is 17.4. The minimum atomic E-state index is -5.55. The number of rotatable bonds is 14. The Labute approximate surface area is 165 Å². The number of hydrogen-bond acceptors (Lipinski definition) is 4. The molecule has 28 heavy (non-hydrogen) atoms. The van der Waals surface area contributed by atoms with Crippen molar-refractivity contribution in [2.45, 2.75) is 82.8 Å². The van der Waals surface area contributed by atoms with Gasteiger partial charge in [-0.15, -0.1) is 0 Å². The molecule has 0 radical (unpaired) electrons. The zero-order valence-electron chi connectivity index (χ0n) is 16.6. The lowest BCUT2D eigenvalue weighted by Crippen LogP contribution is -2.37. The minimum absolute atomic E-state index is 0.258. The van der Waals surface area contributed by atoms with Gasteiger partial charge in [0, 0.05) is 19.4 Å². The summed E-state index contributed by atoms with van der Waals surface area (Å²) in [7, 11) is -3.62. The van der Waals surface area contributed by atoms with Crippen LogP contribution >= 0.6 is 0 Å². The normalized spacial score (nSPS) is 12.1. The van der Waals surface area contributed by atoms with Gasteiger partial charge in [-0.3, -0.25) is 4.18 Å². The van der Waals surface area contributed by atoms with Crippen molar-refractivity contribution in [3.63, 3.8) is 0 Å². The third-order valence-corrected chi connectivity index (χ3v) is 5.28. The van der Waals surface area contributed by atoms with E-state index < -0.39 is 28.4 Å². The SMILES string of the molecule is CCCCCCCCCCCCOS(=O)(=O)C(F)(F)C(F)F.Cn1ccnc1.